The number of nitrogens with zero attached hydrogens (tertiary/aromatic N) is 3. The third-order valence-corrected chi connectivity index (χ3v) is 4.56. The lowest BCUT2D eigenvalue weighted by molar-refractivity contribution is -0.111. The summed E-state index contributed by atoms with van der Waals surface area (Å²) in [6.07, 6.45) is -0.348. The van der Waals surface area contributed by atoms with E-state index in [1.165, 1.54) is 13.0 Å². The van der Waals surface area contributed by atoms with E-state index in [4.69, 9.17) is 9.15 Å². The number of piperazine rings is 1. The minimum atomic E-state index is -0.348. The maximum Gasteiger partial charge on any atom is 0.409 e. The fraction of sp³-hybridized carbons (Fsp3) is 0.400. The number of Topliss-reactive ketones (excluding diaryl/α,β-unsaturated/α-hetero) is 1. The fourth-order valence-corrected chi connectivity index (χ4v) is 3.15. The molecule has 1 aromatic carbocycles. The second-order valence-corrected chi connectivity index (χ2v) is 6.71. The van der Waals surface area contributed by atoms with Gasteiger partial charge in [0.2, 0.25) is 0 Å². The van der Waals surface area contributed by atoms with Crippen molar-refractivity contribution in [3.8, 4) is 0 Å². The molecular weight excluding hydrogens is 376 g/mol. The van der Waals surface area contributed by atoms with Crippen LogP contribution >= 0.6 is 0 Å². The largest absolute Gasteiger partial charge is 0.461 e. The molecule has 1 aliphatic rings. The SMILES string of the molecule is CCOC(=O)N1CCN(/C(=N\Nc2ccc3c(=O)cc(C)oc3c2)C(C)=O)CC1. The van der Waals surface area contributed by atoms with Crippen molar-refractivity contribution in [1.82, 2.24) is 9.80 Å². The zero-order valence-corrected chi connectivity index (χ0v) is 16.7. The van der Waals surface area contributed by atoms with Crippen LogP contribution in [0, 0.1) is 6.92 Å². The Hall–Kier alpha value is -3.36. The van der Waals surface area contributed by atoms with Crippen molar-refractivity contribution in [1.29, 1.82) is 0 Å². The molecule has 1 amide bonds. The van der Waals surface area contributed by atoms with Crippen LogP contribution in [0.4, 0.5) is 10.5 Å². The Kier molecular flexibility index (Phi) is 6.16. The van der Waals surface area contributed by atoms with Gasteiger partial charge < -0.3 is 19.0 Å². The summed E-state index contributed by atoms with van der Waals surface area (Å²) in [6, 6.07) is 6.47. The minimum Gasteiger partial charge on any atom is -0.461 e. The highest BCUT2D eigenvalue weighted by Crippen LogP contribution is 2.18. The molecule has 1 aromatic heterocycles. The average Bonchev–Trinajstić information content (AvgIpc) is 2.68. The van der Waals surface area contributed by atoms with E-state index in [9.17, 15) is 14.4 Å². The topological polar surface area (TPSA) is 104 Å². The number of hydrazone groups is 1. The van der Waals surface area contributed by atoms with Gasteiger partial charge in [0.1, 0.15) is 11.3 Å². The Morgan fingerprint density at radius 2 is 1.86 bits per heavy atom. The maximum atomic E-state index is 12.1. The number of ether oxygens (including phenoxy) is 1. The number of fused-ring (bicyclic) bond motifs is 1. The molecule has 2 heterocycles. The van der Waals surface area contributed by atoms with E-state index in [0.717, 1.165) is 0 Å². The maximum absolute atomic E-state index is 12.1. The summed E-state index contributed by atoms with van der Waals surface area (Å²) in [5.41, 5.74) is 3.80. The van der Waals surface area contributed by atoms with E-state index in [1.807, 2.05) is 4.90 Å². The Balaban J connectivity index is 1.73. The summed E-state index contributed by atoms with van der Waals surface area (Å²) < 4.78 is 10.6. The summed E-state index contributed by atoms with van der Waals surface area (Å²) in [5.74, 6) is 0.608. The Morgan fingerprint density at radius 3 is 2.52 bits per heavy atom. The molecule has 0 radical (unpaired) electrons. The normalized spacial score (nSPS) is 14.8. The molecule has 9 nitrogen and oxygen atoms in total. The number of hydrogen-bond donors (Lipinski definition) is 1. The molecule has 0 bridgehead atoms. The molecule has 0 unspecified atom stereocenters. The first-order valence-corrected chi connectivity index (χ1v) is 9.45. The van der Waals surface area contributed by atoms with Crippen molar-refractivity contribution >= 4 is 34.4 Å². The third kappa shape index (κ3) is 4.74. The molecule has 1 saturated heterocycles. The summed E-state index contributed by atoms with van der Waals surface area (Å²) in [4.78, 5) is 39.4. The van der Waals surface area contributed by atoms with E-state index in [0.29, 0.717) is 55.2 Å². The van der Waals surface area contributed by atoms with Crippen LogP contribution in [0.1, 0.15) is 19.6 Å². The van der Waals surface area contributed by atoms with Crippen LogP contribution in [0.2, 0.25) is 0 Å². The first-order chi connectivity index (χ1) is 13.9. The van der Waals surface area contributed by atoms with Crippen molar-refractivity contribution in [2.75, 3.05) is 38.2 Å². The lowest BCUT2D eigenvalue weighted by Gasteiger charge is -2.35. The number of rotatable bonds is 4. The van der Waals surface area contributed by atoms with Gasteiger partial charge in [-0.05, 0) is 26.0 Å². The molecule has 1 aliphatic heterocycles. The van der Waals surface area contributed by atoms with Crippen molar-refractivity contribution < 1.29 is 18.7 Å². The van der Waals surface area contributed by atoms with Gasteiger partial charge in [-0.2, -0.15) is 5.10 Å². The first kappa shape index (κ1) is 20.4. The third-order valence-electron chi connectivity index (χ3n) is 4.56. The van der Waals surface area contributed by atoms with Crippen molar-refractivity contribution in [2.24, 2.45) is 5.10 Å². The van der Waals surface area contributed by atoms with E-state index < -0.39 is 0 Å². The van der Waals surface area contributed by atoms with Crippen LogP contribution in [-0.4, -0.2) is 60.3 Å². The van der Waals surface area contributed by atoms with Gasteiger partial charge in [-0.1, -0.05) is 0 Å². The summed E-state index contributed by atoms with van der Waals surface area (Å²) >= 11 is 0. The van der Waals surface area contributed by atoms with E-state index >= 15 is 0 Å². The van der Waals surface area contributed by atoms with Gasteiger partial charge in [0.25, 0.3) is 0 Å². The molecule has 0 saturated carbocycles. The van der Waals surface area contributed by atoms with Crippen LogP contribution in [0.5, 0.6) is 0 Å². The van der Waals surface area contributed by atoms with E-state index in [-0.39, 0.29) is 23.1 Å². The van der Waals surface area contributed by atoms with E-state index in [1.54, 1.807) is 36.9 Å². The number of carbonyl (C=O) groups excluding carboxylic acids is 2. The average molecular weight is 400 g/mol. The van der Waals surface area contributed by atoms with Crippen LogP contribution < -0.4 is 10.9 Å². The lowest BCUT2D eigenvalue weighted by Crippen LogP contribution is -2.52. The Morgan fingerprint density at radius 1 is 1.17 bits per heavy atom. The van der Waals surface area contributed by atoms with Gasteiger partial charge in [0, 0.05) is 45.2 Å². The second-order valence-electron chi connectivity index (χ2n) is 6.71. The molecule has 0 spiro atoms. The predicted molar refractivity (Wildman–Crippen MR) is 109 cm³/mol. The standard InChI is InChI=1S/C20H24N4O5/c1-4-28-20(27)24-9-7-23(8-10-24)19(14(3)25)22-21-15-5-6-16-17(26)11-13(2)29-18(16)12-15/h5-6,11-12,21H,4,7-10H2,1-3H3/b22-19-. The highest BCUT2D eigenvalue weighted by atomic mass is 16.6. The molecule has 2 aromatic rings. The summed E-state index contributed by atoms with van der Waals surface area (Å²) in [5, 5.41) is 4.74. The van der Waals surface area contributed by atoms with Gasteiger partial charge in [-0.15, -0.1) is 0 Å². The predicted octanol–water partition coefficient (Wildman–Crippen LogP) is 2.19. The van der Waals surface area contributed by atoms with Crippen LogP contribution in [0.15, 0.2) is 38.6 Å². The quantitative estimate of drug-likeness (QED) is 0.476. The molecule has 0 atom stereocenters. The van der Waals surface area contributed by atoms with Crippen LogP contribution in [-0.2, 0) is 9.53 Å². The molecule has 0 aliphatic carbocycles. The highest BCUT2D eigenvalue weighted by Gasteiger charge is 2.25. The molecule has 9 heteroatoms. The summed E-state index contributed by atoms with van der Waals surface area (Å²) in [7, 11) is 0. The van der Waals surface area contributed by atoms with Crippen molar-refractivity contribution in [3.63, 3.8) is 0 Å². The van der Waals surface area contributed by atoms with Gasteiger partial charge >= 0.3 is 6.09 Å². The van der Waals surface area contributed by atoms with Gasteiger partial charge in [0.15, 0.2) is 17.0 Å². The van der Waals surface area contributed by atoms with Crippen LogP contribution in [0.25, 0.3) is 11.0 Å². The number of aryl methyl sites for hydroxylation is 1. The molecule has 1 N–H and O–H groups in total. The zero-order valence-electron chi connectivity index (χ0n) is 16.7. The number of carbonyl (C=O) groups is 2. The number of amidine groups is 1. The van der Waals surface area contributed by atoms with E-state index in [2.05, 4.69) is 10.5 Å². The van der Waals surface area contributed by atoms with Gasteiger partial charge in [-0.25, -0.2) is 4.79 Å². The smallest absolute Gasteiger partial charge is 0.409 e. The first-order valence-electron chi connectivity index (χ1n) is 9.45. The molecule has 154 valence electrons. The second kappa shape index (κ2) is 8.76. The zero-order chi connectivity index (χ0) is 21.0. The number of nitrogens with one attached hydrogen (secondary N) is 1. The molecule has 29 heavy (non-hydrogen) atoms. The molecular formula is C20H24N4O5. The molecule has 1 fully saturated rings. The van der Waals surface area contributed by atoms with Crippen LogP contribution in [0.3, 0.4) is 0 Å². The summed E-state index contributed by atoms with van der Waals surface area (Å²) in [6.45, 7) is 7.10. The minimum absolute atomic E-state index is 0.109. The fourth-order valence-electron chi connectivity index (χ4n) is 3.15. The monoisotopic (exact) mass is 400 g/mol. The highest BCUT2D eigenvalue weighted by molar-refractivity contribution is 6.37. The molecule has 3 rings (SSSR count). The number of ketones is 1. The Labute approximate surface area is 167 Å². The Bertz CT molecular complexity index is 1010. The number of anilines is 1. The number of amides is 1. The number of hydrogen-bond acceptors (Lipinski definition) is 7. The van der Waals surface area contributed by atoms with Gasteiger partial charge in [-0.3, -0.25) is 15.0 Å². The van der Waals surface area contributed by atoms with Gasteiger partial charge in [0.05, 0.1) is 17.7 Å². The lowest BCUT2D eigenvalue weighted by atomic mass is 10.2. The van der Waals surface area contributed by atoms with Crippen molar-refractivity contribution in [3.05, 3.63) is 40.2 Å². The van der Waals surface area contributed by atoms with Crippen molar-refractivity contribution in [2.45, 2.75) is 20.8 Å². The number of benzene rings is 1.